The highest BCUT2D eigenvalue weighted by molar-refractivity contribution is 6.31. The van der Waals surface area contributed by atoms with Crippen molar-refractivity contribution in [2.75, 3.05) is 6.54 Å². The Morgan fingerprint density at radius 3 is 2.90 bits per heavy atom. The molecule has 2 rings (SSSR count). The van der Waals surface area contributed by atoms with E-state index in [9.17, 15) is 4.39 Å². The molecule has 0 atom stereocenters. The van der Waals surface area contributed by atoms with Crippen LogP contribution in [-0.4, -0.2) is 11.5 Å². The maximum atomic E-state index is 13.9. The lowest BCUT2D eigenvalue weighted by Gasteiger charge is -2.10. The number of ether oxygens (including phenoxy) is 1. The molecule has 0 unspecified atom stereocenters. The van der Waals surface area contributed by atoms with Crippen LogP contribution in [-0.2, 0) is 6.54 Å². The van der Waals surface area contributed by atoms with Crippen molar-refractivity contribution in [3.63, 3.8) is 0 Å². The smallest absolute Gasteiger partial charge is 0.238 e. The van der Waals surface area contributed by atoms with Gasteiger partial charge in [0, 0.05) is 12.7 Å². The SMILES string of the molecule is CCNCc1cnc(Oc2cccc(C)c2F)c(Cl)c1. The Balaban J connectivity index is 2.19. The van der Waals surface area contributed by atoms with E-state index in [0.29, 0.717) is 17.1 Å². The van der Waals surface area contributed by atoms with Crippen molar-refractivity contribution in [2.24, 2.45) is 0 Å². The van der Waals surface area contributed by atoms with Crippen molar-refractivity contribution in [1.82, 2.24) is 10.3 Å². The molecule has 0 radical (unpaired) electrons. The van der Waals surface area contributed by atoms with E-state index in [1.807, 2.05) is 6.92 Å². The van der Waals surface area contributed by atoms with Gasteiger partial charge in [-0.2, -0.15) is 0 Å². The van der Waals surface area contributed by atoms with E-state index < -0.39 is 5.82 Å². The molecule has 1 aromatic carbocycles. The van der Waals surface area contributed by atoms with E-state index >= 15 is 0 Å². The standard InChI is InChI=1S/C15H16ClFN2O/c1-3-18-8-11-7-12(16)15(19-9-11)20-13-6-4-5-10(2)14(13)17/h4-7,9,18H,3,8H2,1-2H3. The van der Waals surface area contributed by atoms with E-state index in [1.165, 1.54) is 0 Å². The molecular weight excluding hydrogens is 279 g/mol. The van der Waals surface area contributed by atoms with Gasteiger partial charge in [-0.15, -0.1) is 0 Å². The number of nitrogens with zero attached hydrogens (tertiary/aromatic N) is 1. The van der Waals surface area contributed by atoms with E-state index in [4.69, 9.17) is 16.3 Å². The lowest BCUT2D eigenvalue weighted by atomic mass is 10.2. The summed E-state index contributed by atoms with van der Waals surface area (Å²) in [5.74, 6) is -0.0719. The van der Waals surface area contributed by atoms with E-state index in [-0.39, 0.29) is 11.6 Å². The van der Waals surface area contributed by atoms with Crippen LogP contribution in [0.4, 0.5) is 4.39 Å². The maximum Gasteiger partial charge on any atom is 0.238 e. The molecule has 0 spiro atoms. The van der Waals surface area contributed by atoms with Crippen molar-refractivity contribution in [3.05, 3.63) is 52.4 Å². The van der Waals surface area contributed by atoms with Crippen LogP contribution < -0.4 is 10.1 Å². The van der Waals surface area contributed by atoms with Gasteiger partial charge in [0.15, 0.2) is 11.6 Å². The fraction of sp³-hybridized carbons (Fsp3) is 0.267. The Kier molecular flexibility index (Phi) is 4.93. The minimum atomic E-state index is -0.401. The third kappa shape index (κ3) is 3.46. The van der Waals surface area contributed by atoms with Crippen LogP contribution in [0.15, 0.2) is 30.5 Å². The van der Waals surface area contributed by atoms with Crippen molar-refractivity contribution in [2.45, 2.75) is 20.4 Å². The quantitative estimate of drug-likeness (QED) is 0.902. The van der Waals surface area contributed by atoms with Crippen LogP contribution in [0.2, 0.25) is 5.02 Å². The summed E-state index contributed by atoms with van der Waals surface area (Å²) >= 11 is 6.11. The Labute approximate surface area is 122 Å². The van der Waals surface area contributed by atoms with Gasteiger partial charge in [-0.3, -0.25) is 0 Å². The van der Waals surface area contributed by atoms with E-state index in [2.05, 4.69) is 10.3 Å². The second-order valence-electron chi connectivity index (χ2n) is 4.40. The fourth-order valence-corrected chi connectivity index (χ4v) is 1.94. The van der Waals surface area contributed by atoms with Crippen LogP contribution in [0.1, 0.15) is 18.1 Å². The first-order valence-electron chi connectivity index (χ1n) is 6.40. The number of rotatable bonds is 5. The largest absolute Gasteiger partial charge is 0.434 e. The van der Waals surface area contributed by atoms with Crippen LogP contribution in [0.25, 0.3) is 0 Å². The highest BCUT2D eigenvalue weighted by Crippen LogP contribution is 2.30. The summed E-state index contributed by atoms with van der Waals surface area (Å²) in [5, 5.41) is 3.54. The Morgan fingerprint density at radius 2 is 2.20 bits per heavy atom. The number of hydrogen-bond donors (Lipinski definition) is 1. The van der Waals surface area contributed by atoms with Gasteiger partial charge in [0.2, 0.25) is 5.88 Å². The first-order chi connectivity index (χ1) is 9.61. The molecule has 0 aliphatic heterocycles. The normalized spacial score (nSPS) is 10.6. The number of benzene rings is 1. The fourth-order valence-electron chi connectivity index (χ4n) is 1.71. The second-order valence-corrected chi connectivity index (χ2v) is 4.81. The minimum absolute atomic E-state index is 0.124. The zero-order chi connectivity index (χ0) is 14.5. The summed E-state index contributed by atoms with van der Waals surface area (Å²) in [6.07, 6.45) is 1.66. The van der Waals surface area contributed by atoms with Gasteiger partial charge in [-0.1, -0.05) is 30.7 Å². The van der Waals surface area contributed by atoms with Gasteiger partial charge in [-0.25, -0.2) is 9.37 Å². The first kappa shape index (κ1) is 14.8. The molecule has 1 heterocycles. The predicted octanol–water partition coefficient (Wildman–Crippen LogP) is 4.08. The van der Waals surface area contributed by atoms with Crippen LogP contribution in [0, 0.1) is 12.7 Å². The molecule has 0 amide bonds. The average Bonchev–Trinajstić information content (AvgIpc) is 2.44. The molecule has 5 heteroatoms. The van der Waals surface area contributed by atoms with Gasteiger partial charge in [-0.05, 0) is 36.7 Å². The predicted molar refractivity (Wildman–Crippen MR) is 77.8 cm³/mol. The molecule has 20 heavy (non-hydrogen) atoms. The summed E-state index contributed by atoms with van der Waals surface area (Å²) in [6, 6.07) is 6.71. The third-order valence-electron chi connectivity index (χ3n) is 2.81. The molecule has 1 aromatic heterocycles. The van der Waals surface area contributed by atoms with Crippen molar-refractivity contribution in [3.8, 4) is 11.6 Å². The van der Waals surface area contributed by atoms with Crippen LogP contribution >= 0.6 is 11.6 Å². The first-order valence-corrected chi connectivity index (χ1v) is 6.77. The summed E-state index contributed by atoms with van der Waals surface area (Å²) < 4.78 is 19.3. The summed E-state index contributed by atoms with van der Waals surface area (Å²) in [6.45, 7) is 5.25. The van der Waals surface area contributed by atoms with Gasteiger partial charge < -0.3 is 10.1 Å². The molecule has 0 saturated heterocycles. The van der Waals surface area contributed by atoms with E-state index in [1.54, 1.807) is 37.4 Å². The summed E-state index contributed by atoms with van der Waals surface area (Å²) in [4.78, 5) is 4.14. The van der Waals surface area contributed by atoms with Crippen LogP contribution in [0.3, 0.4) is 0 Å². The molecule has 0 fully saturated rings. The monoisotopic (exact) mass is 294 g/mol. The lowest BCUT2D eigenvalue weighted by Crippen LogP contribution is -2.11. The summed E-state index contributed by atoms with van der Waals surface area (Å²) in [7, 11) is 0. The van der Waals surface area contributed by atoms with Gasteiger partial charge >= 0.3 is 0 Å². The Hall–Kier alpha value is -1.65. The molecule has 2 aromatic rings. The molecule has 106 valence electrons. The highest BCUT2D eigenvalue weighted by Gasteiger charge is 2.11. The molecule has 1 N–H and O–H groups in total. The number of hydrogen-bond acceptors (Lipinski definition) is 3. The molecule has 0 bridgehead atoms. The third-order valence-corrected chi connectivity index (χ3v) is 3.08. The zero-order valence-electron chi connectivity index (χ0n) is 11.4. The number of nitrogens with one attached hydrogen (secondary N) is 1. The molecule has 0 saturated carbocycles. The van der Waals surface area contributed by atoms with E-state index in [0.717, 1.165) is 12.1 Å². The van der Waals surface area contributed by atoms with Crippen LogP contribution in [0.5, 0.6) is 11.6 Å². The maximum absolute atomic E-state index is 13.9. The van der Waals surface area contributed by atoms with Crippen molar-refractivity contribution < 1.29 is 9.13 Å². The molecule has 0 aliphatic rings. The highest BCUT2D eigenvalue weighted by atomic mass is 35.5. The number of aryl methyl sites for hydroxylation is 1. The Bertz CT molecular complexity index is 604. The topological polar surface area (TPSA) is 34.2 Å². The number of halogens is 2. The lowest BCUT2D eigenvalue weighted by molar-refractivity contribution is 0.425. The number of aromatic nitrogens is 1. The van der Waals surface area contributed by atoms with Gasteiger partial charge in [0.25, 0.3) is 0 Å². The van der Waals surface area contributed by atoms with Crippen molar-refractivity contribution in [1.29, 1.82) is 0 Å². The van der Waals surface area contributed by atoms with Gasteiger partial charge in [0.05, 0.1) is 0 Å². The zero-order valence-corrected chi connectivity index (χ0v) is 12.2. The molecule has 3 nitrogen and oxygen atoms in total. The second kappa shape index (κ2) is 6.68. The summed E-state index contributed by atoms with van der Waals surface area (Å²) in [5.41, 5.74) is 1.47. The molecular formula is C15H16ClFN2O. The minimum Gasteiger partial charge on any atom is -0.434 e. The Morgan fingerprint density at radius 1 is 1.40 bits per heavy atom. The van der Waals surface area contributed by atoms with Crippen molar-refractivity contribution >= 4 is 11.6 Å². The molecule has 0 aliphatic carbocycles. The average molecular weight is 295 g/mol. The van der Waals surface area contributed by atoms with Gasteiger partial charge in [0.1, 0.15) is 5.02 Å². The number of pyridine rings is 1.